The van der Waals surface area contributed by atoms with Gasteiger partial charge in [-0.25, -0.2) is 0 Å². The first-order valence-electron chi connectivity index (χ1n) is 6.70. The van der Waals surface area contributed by atoms with E-state index in [9.17, 15) is 9.59 Å². The highest BCUT2D eigenvalue weighted by Crippen LogP contribution is 2.00. The molecule has 0 aromatic heterocycles. The van der Waals surface area contributed by atoms with Crippen molar-refractivity contribution in [1.29, 1.82) is 0 Å². The van der Waals surface area contributed by atoms with Gasteiger partial charge in [0.25, 0.3) is 0 Å². The number of nitrogens with one attached hydrogen (secondary N) is 1. The molecule has 0 aliphatic carbocycles. The van der Waals surface area contributed by atoms with E-state index in [-0.39, 0.29) is 5.91 Å². The Labute approximate surface area is 113 Å². The molecule has 7 nitrogen and oxygen atoms in total. The van der Waals surface area contributed by atoms with Crippen molar-refractivity contribution >= 4 is 11.9 Å². The number of amides is 1. The summed E-state index contributed by atoms with van der Waals surface area (Å²) in [4.78, 5) is 22.0. The summed E-state index contributed by atoms with van der Waals surface area (Å²) < 4.78 is 0. The number of hydrogen-bond acceptors (Lipinski definition) is 5. The highest BCUT2D eigenvalue weighted by atomic mass is 16.4. The lowest BCUT2D eigenvalue weighted by Crippen LogP contribution is -2.41. The molecule has 0 bridgehead atoms. The second kappa shape index (κ2) is 10.7. The highest BCUT2D eigenvalue weighted by molar-refractivity contribution is 5.81. The predicted octanol–water partition coefficient (Wildman–Crippen LogP) is -0.859. The summed E-state index contributed by atoms with van der Waals surface area (Å²) in [5.74, 6) is -1.16. The van der Waals surface area contributed by atoms with Crippen LogP contribution in [0.5, 0.6) is 0 Å². The molecule has 0 aliphatic rings. The molecule has 0 fully saturated rings. The first-order chi connectivity index (χ1) is 8.99. The van der Waals surface area contributed by atoms with Gasteiger partial charge in [-0.05, 0) is 38.6 Å². The van der Waals surface area contributed by atoms with Crippen LogP contribution in [0.2, 0.25) is 0 Å². The fourth-order valence-electron chi connectivity index (χ4n) is 1.60. The molecule has 0 aliphatic heterocycles. The van der Waals surface area contributed by atoms with Crippen LogP contribution in [0.25, 0.3) is 0 Å². The number of nitrogens with two attached hydrogens (primary N) is 3. The van der Waals surface area contributed by atoms with Crippen LogP contribution in [0, 0.1) is 0 Å². The summed E-state index contributed by atoms with van der Waals surface area (Å²) in [6.07, 6.45) is 4.12. The quantitative estimate of drug-likeness (QED) is 0.310. The van der Waals surface area contributed by atoms with Gasteiger partial charge >= 0.3 is 5.97 Å². The van der Waals surface area contributed by atoms with Gasteiger partial charge in [0.05, 0.1) is 6.04 Å². The Hall–Kier alpha value is -1.18. The Bertz CT molecular complexity index is 274. The smallest absolute Gasteiger partial charge is 0.320 e. The number of rotatable bonds is 11. The zero-order valence-electron chi connectivity index (χ0n) is 11.3. The third-order valence-electron chi connectivity index (χ3n) is 2.86. The van der Waals surface area contributed by atoms with Crippen LogP contribution in [0.15, 0.2) is 0 Å². The van der Waals surface area contributed by atoms with Crippen molar-refractivity contribution in [2.24, 2.45) is 17.2 Å². The van der Waals surface area contributed by atoms with E-state index < -0.39 is 18.1 Å². The van der Waals surface area contributed by atoms with Crippen molar-refractivity contribution in [2.45, 2.75) is 50.6 Å². The Morgan fingerprint density at radius 1 is 1.00 bits per heavy atom. The van der Waals surface area contributed by atoms with Crippen LogP contribution in [0.3, 0.4) is 0 Å². The first kappa shape index (κ1) is 17.8. The number of aliphatic carboxylic acids is 1. The minimum atomic E-state index is -0.994. The second-order valence-corrected chi connectivity index (χ2v) is 4.62. The van der Waals surface area contributed by atoms with Crippen LogP contribution in [0.1, 0.15) is 38.5 Å². The van der Waals surface area contributed by atoms with Gasteiger partial charge in [0.2, 0.25) is 5.91 Å². The minimum absolute atomic E-state index is 0.167. The summed E-state index contributed by atoms with van der Waals surface area (Å²) in [7, 11) is 0. The Morgan fingerprint density at radius 2 is 1.58 bits per heavy atom. The van der Waals surface area contributed by atoms with Crippen LogP contribution in [0.4, 0.5) is 0 Å². The van der Waals surface area contributed by atoms with E-state index in [0.29, 0.717) is 38.8 Å². The number of carboxylic acid groups (broad SMARTS) is 1. The van der Waals surface area contributed by atoms with E-state index in [2.05, 4.69) is 5.32 Å². The average Bonchev–Trinajstić information content (AvgIpc) is 2.37. The van der Waals surface area contributed by atoms with Crippen molar-refractivity contribution < 1.29 is 14.7 Å². The molecule has 8 N–H and O–H groups in total. The largest absolute Gasteiger partial charge is 0.480 e. The molecule has 7 heteroatoms. The van der Waals surface area contributed by atoms with Gasteiger partial charge in [-0.1, -0.05) is 6.42 Å². The molecular weight excluding hydrogens is 248 g/mol. The van der Waals surface area contributed by atoms with Gasteiger partial charge < -0.3 is 27.6 Å². The standard InChI is InChI=1S/C12H26N4O3/c13-7-3-1-5-9(14)11(17)16-8-4-2-6-10(15)12(18)19/h9-10H,1-8,13-15H2,(H,16,17)(H,18,19)/t9-,10+/m1/s1. The Kier molecular flexibility index (Phi) is 10.1. The van der Waals surface area contributed by atoms with E-state index in [4.69, 9.17) is 22.3 Å². The van der Waals surface area contributed by atoms with Crippen LogP contribution in [-0.4, -0.2) is 42.2 Å². The highest BCUT2D eigenvalue weighted by Gasteiger charge is 2.13. The molecule has 112 valence electrons. The molecule has 0 rings (SSSR count). The molecule has 0 unspecified atom stereocenters. The lowest BCUT2D eigenvalue weighted by atomic mass is 10.1. The van der Waals surface area contributed by atoms with E-state index in [1.807, 2.05) is 0 Å². The number of carbonyl (C=O) groups is 2. The SMILES string of the molecule is NCCCC[C@@H](N)C(=O)NCCCC[C@H](N)C(=O)O. The summed E-state index contributed by atoms with van der Waals surface area (Å²) in [5.41, 5.74) is 16.4. The zero-order chi connectivity index (χ0) is 14.7. The zero-order valence-corrected chi connectivity index (χ0v) is 11.3. The summed E-state index contributed by atoms with van der Waals surface area (Å²) in [6.45, 7) is 1.11. The lowest BCUT2D eigenvalue weighted by Gasteiger charge is -2.12. The average molecular weight is 274 g/mol. The predicted molar refractivity (Wildman–Crippen MR) is 73.4 cm³/mol. The van der Waals surface area contributed by atoms with Crippen LogP contribution < -0.4 is 22.5 Å². The van der Waals surface area contributed by atoms with Crippen LogP contribution in [-0.2, 0) is 9.59 Å². The molecule has 1 amide bonds. The van der Waals surface area contributed by atoms with Crippen molar-refractivity contribution in [2.75, 3.05) is 13.1 Å². The monoisotopic (exact) mass is 274 g/mol. The summed E-state index contributed by atoms with van der Waals surface area (Å²) in [6, 6.07) is -1.32. The molecule has 0 heterocycles. The van der Waals surface area contributed by atoms with Gasteiger partial charge in [0.1, 0.15) is 6.04 Å². The minimum Gasteiger partial charge on any atom is -0.480 e. The first-order valence-corrected chi connectivity index (χ1v) is 6.70. The molecule has 0 saturated carbocycles. The van der Waals surface area contributed by atoms with E-state index in [1.165, 1.54) is 0 Å². The van der Waals surface area contributed by atoms with E-state index in [1.54, 1.807) is 0 Å². The number of unbranched alkanes of at least 4 members (excludes halogenated alkanes) is 2. The van der Waals surface area contributed by atoms with Crippen molar-refractivity contribution in [3.63, 3.8) is 0 Å². The van der Waals surface area contributed by atoms with Gasteiger partial charge in [0.15, 0.2) is 0 Å². The molecule has 2 atom stereocenters. The van der Waals surface area contributed by atoms with Gasteiger partial charge in [-0.3, -0.25) is 9.59 Å². The van der Waals surface area contributed by atoms with Crippen molar-refractivity contribution in [3.8, 4) is 0 Å². The van der Waals surface area contributed by atoms with E-state index in [0.717, 1.165) is 12.8 Å². The fraction of sp³-hybridized carbons (Fsp3) is 0.833. The third kappa shape index (κ3) is 9.40. The van der Waals surface area contributed by atoms with Crippen LogP contribution >= 0.6 is 0 Å². The molecule has 0 aromatic carbocycles. The Morgan fingerprint density at radius 3 is 2.16 bits per heavy atom. The van der Waals surface area contributed by atoms with Crippen molar-refractivity contribution in [3.05, 3.63) is 0 Å². The van der Waals surface area contributed by atoms with Gasteiger partial charge in [-0.2, -0.15) is 0 Å². The molecule has 0 aromatic rings. The fourth-order valence-corrected chi connectivity index (χ4v) is 1.60. The maximum Gasteiger partial charge on any atom is 0.320 e. The molecular formula is C12H26N4O3. The van der Waals surface area contributed by atoms with E-state index >= 15 is 0 Å². The second-order valence-electron chi connectivity index (χ2n) is 4.62. The van der Waals surface area contributed by atoms with Gasteiger partial charge in [0, 0.05) is 6.54 Å². The van der Waals surface area contributed by atoms with Crippen molar-refractivity contribution in [1.82, 2.24) is 5.32 Å². The lowest BCUT2D eigenvalue weighted by molar-refractivity contribution is -0.138. The number of hydrogen-bond donors (Lipinski definition) is 5. The topological polar surface area (TPSA) is 144 Å². The molecule has 0 saturated heterocycles. The maximum atomic E-state index is 11.6. The Balaban J connectivity index is 3.54. The summed E-state index contributed by atoms with van der Waals surface area (Å²) in [5, 5.41) is 11.3. The summed E-state index contributed by atoms with van der Waals surface area (Å²) >= 11 is 0. The van der Waals surface area contributed by atoms with Gasteiger partial charge in [-0.15, -0.1) is 0 Å². The normalized spacial score (nSPS) is 13.8. The third-order valence-corrected chi connectivity index (χ3v) is 2.86. The maximum absolute atomic E-state index is 11.6. The molecule has 19 heavy (non-hydrogen) atoms. The molecule has 0 radical (unpaired) electrons. The number of carboxylic acids is 1. The number of carbonyl (C=O) groups excluding carboxylic acids is 1. The molecule has 0 spiro atoms.